The molecule has 5 heteroatoms. The smallest absolute Gasteiger partial charge is 0.302 e. The molecule has 0 amide bonds. The molecule has 30 heavy (non-hydrogen) atoms. The van der Waals surface area contributed by atoms with E-state index in [4.69, 9.17) is 9.16 Å². The van der Waals surface area contributed by atoms with Gasteiger partial charge >= 0.3 is 5.97 Å². The van der Waals surface area contributed by atoms with Crippen LogP contribution in [0.2, 0.25) is 5.04 Å². The van der Waals surface area contributed by atoms with Crippen LogP contribution in [0.1, 0.15) is 40.5 Å². The number of carbonyl (C=O) groups is 2. The zero-order valence-corrected chi connectivity index (χ0v) is 19.4. The Morgan fingerprint density at radius 1 is 0.900 bits per heavy atom. The van der Waals surface area contributed by atoms with Gasteiger partial charge in [-0.05, 0) is 21.3 Å². The van der Waals surface area contributed by atoms with E-state index in [0.717, 1.165) is 0 Å². The molecule has 0 bridgehead atoms. The van der Waals surface area contributed by atoms with Crippen LogP contribution in [0.15, 0.2) is 60.7 Å². The predicted molar refractivity (Wildman–Crippen MR) is 121 cm³/mol. The average molecular weight is 425 g/mol. The third-order valence-corrected chi connectivity index (χ3v) is 11.1. The lowest BCUT2D eigenvalue weighted by Gasteiger charge is -2.43. The van der Waals surface area contributed by atoms with Gasteiger partial charge in [0.2, 0.25) is 0 Å². The van der Waals surface area contributed by atoms with E-state index in [1.165, 1.54) is 17.3 Å². The molecule has 2 atom stereocenters. The van der Waals surface area contributed by atoms with E-state index >= 15 is 0 Å². The molecule has 1 aliphatic carbocycles. The first-order chi connectivity index (χ1) is 14.2. The molecule has 0 unspecified atom stereocenters. The maximum absolute atomic E-state index is 12.2. The quantitative estimate of drug-likeness (QED) is 0.502. The molecule has 1 aliphatic rings. The lowest BCUT2D eigenvalue weighted by Crippen LogP contribution is -2.67. The van der Waals surface area contributed by atoms with E-state index in [2.05, 4.69) is 69.3 Å². The van der Waals surface area contributed by atoms with Gasteiger partial charge < -0.3 is 9.16 Å². The van der Waals surface area contributed by atoms with Crippen LogP contribution in [0.25, 0.3) is 0 Å². The van der Waals surface area contributed by atoms with Gasteiger partial charge in [0.15, 0.2) is 0 Å². The summed E-state index contributed by atoms with van der Waals surface area (Å²) in [4.78, 5) is 23.5. The lowest BCUT2D eigenvalue weighted by molar-refractivity contribution is -0.143. The second kappa shape index (κ2) is 9.27. The fourth-order valence-electron chi connectivity index (χ4n) is 4.61. The van der Waals surface area contributed by atoms with Crippen molar-refractivity contribution in [3.05, 3.63) is 60.7 Å². The van der Waals surface area contributed by atoms with Crippen molar-refractivity contribution in [3.8, 4) is 0 Å². The molecule has 4 nitrogen and oxygen atoms in total. The van der Waals surface area contributed by atoms with E-state index in [9.17, 15) is 9.59 Å². The number of hydrogen-bond acceptors (Lipinski definition) is 4. The number of ether oxygens (including phenoxy) is 1. The summed E-state index contributed by atoms with van der Waals surface area (Å²) in [6.45, 7) is 8.92. The first kappa shape index (κ1) is 22.4. The van der Waals surface area contributed by atoms with E-state index in [1.54, 1.807) is 0 Å². The van der Waals surface area contributed by atoms with Crippen molar-refractivity contribution in [1.82, 2.24) is 0 Å². The number of ketones is 1. The van der Waals surface area contributed by atoms with E-state index in [-0.39, 0.29) is 35.2 Å². The van der Waals surface area contributed by atoms with E-state index in [0.29, 0.717) is 19.4 Å². The molecule has 1 fully saturated rings. The normalized spacial score (nSPS) is 19.7. The van der Waals surface area contributed by atoms with Crippen LogP contribution in [-0.4, -0.2) is 33.3 Å². The lowest BCUT2D eigenvalue weighted by atomic mass is 9.98. The van der Waals surface area contributed by atoms with Gasteiger partial charge in [-0.1, -0.05) is 81.4 Å². The van der Waals surface area contributed by atoms with Crippen molar-refractivity contribution in [3.63, 3.8) is 0 Å². The standard InChI is InChI=1S/C25H32O4Si/c1-19(26)28-17-20-15-22(27)16-21(20)18-29-30(25(2,3)4,23-11-7-5-8-12-23)24-13-9-6-10-14-24/h5-14,20-21H,15-18H2,1-4H3/t20-,21+/m1/s1. The Hall–Kier alpha value is -2.24. The van der Waals surface area contributed by atoms with Crippen molar-refractivity contribution in [2.24, 2.45) is 11.8 Å². The molecule has 2 aromatic rings. The predicted octanol–water partition coefficient (Wildman–Crippen LogP) is 3.72. The van der Waals surface area contributed by atoms with Gasteiger partial charge in [-0.3, -0.25) is 9.59 Å². The Morgan fingerprint density at radius 2 is 1.37 bits per heavy atom. The van der Waals surface area contributed by atoms with Gasteiger partial charge in [0, 0.05) is 32.3 Å². The zero-order chi connectivity index (χ0) is 21.8. The summed E-state index contributed by atoms with van der Waals surface area (Å²) in [5.74, 6) is 0.0160. The molecule has 3 rings (SSSR count). The maximum atomic E-state index is 12.2. The van der Waals surface area contributed by atoms with E-state index < -0.39 is 8.32 Å². The number of esters is 1. The van der Waals surface area contributed by atoms with Gasteiger partial charge in [-0.2, -0.15) is 0 Å². The summed E-state index contributed by atoms with van der Waals surface area (Å²) >= 11 is 0. The third-order valence-electron chi connectivity index (χ3n) is 6.08. The summed E-state index contributed by atoms with van der Waals surface area (Å²) in [7, 11) is -2.63. The van der Waals surface area contributed by atoms with Gasteiger partial charge in [0.25, 0.3) is 8.32 Å². The molecular formula is C25H32O4Si. The van der Waals surface area contributed by atoms with Crippen LogP contribution in [0, 0.1) is 11.8 Å². The summed E-state index contributed by atoms with van der Waals surface area (Å²) in [5, 5.41) is 2.35. The first-order valence-electron chi connectivity index (χ1n) is 10.6. The maximum Gasteiger partial charge on any atom is 0.302 e. The SMILES string of the molecule is CC(=O)OC[C@H]1CC(=O)C[C@H]1CO[Si](c1ccccc1)(c1ccccc1)C(C)(C)C. The Balaban J connectivity index is 1.95. The van der Waals surface area contributed by atoms with Crippen LogP contribution in [0.4, 0.5) is 0 Å². The minimum atomic E-state index is -2.63. The molecule has 2 aromatic carbocycles. The number of carbonyl (C=O) groups excluding carboxylic acids is 2. The Kier molecular flexibility index (Phi) is 6.94. The highest BCUT2D eigenvalue weighted by Crippen LogP contribution is 2.38. The van der Waals surface area contributed by atoms with Gasteiger partial charge in [0.05, 0.1) is 6.61 Å². The van der Waals surface area contributed by atoms with Crippen LogP contribution in [-0.2, 0) is 18.8 Å². The second-order valence-corrected chi connectivity index (χ2v) is 13.5. The zero-order valence-electron chi connectivity index (χ0n) is 18.4. The number of Topliss-reactive ketones (excluding diaryl/α,β-unsaturated/α-hetero) is 1. The van der Waals surface area contributed by atoms with Gasteiger partial charge in [-0.25, -0.2) is 0 Å². The van der Waals surface area contributed by atoms with Crippen LogP contribution < -0.4 is 10.4 Å². The Morgan fingerprint density at radius 3 is 1.80 bits per heavy atom. The Bertz CT molecular complexity index is 818. The molecule has 0 spiro atoms. The van der Waals surface area contributed by atoms with Crippen molar-refractivity contribution in [2.45, 2.75) is 45.6 Å². The largest absolute Gasteiger partial charge is 0.466 e. The molecule has 0 aliphatic heterocycles. The third kappa shape index (κ3) is 4.73. The van der Waals surface area contributed by atoms with Gasteiger partial charge in [0.1, 0.15) is 5.78 Å². The highest BCUT2D eigenvalue weighted by atomic mass is 28.4. The fraction of sp³-hybridized carbons (Fsp3) is 0.440. The van der Waals surface area contributed by atoms with E-state index in [1.807, 2.05) is 12.1 Å². The van der Waals surface area contributed by atoms with Crippen molar-refractivity contribution in [1.29, 1.82) is 0 Å². The molecule has 0 N–H and O–H groups in total. The van der Waals surface area contributed by atoms with Crippen molar-refractivity contribution < 1.29 is 18.8 Å². The minimum Gasteiger partial charge on any atom is -0.466 e. The highest BCUT2D eigenvalue weighted by Gasteiger charge is 2.51. The molecule has 0 aromatic heterocycles. The van der Waals surface area contributed by atoms with Gasteiger partial charge in [-0.15, -0.1) is 0 Å². The van der Waals surface area contributed by atoms with Crippen LogP contribution in [0.3, 0.4) is 0 Å². The number of rotatable bonds is 7. The molecule has 160 valence electrons. The van der Waals surface area contributed by atoms with Crippen LogP contribution >= 0.6 is 0 Å². The summed E-state index contributed by atoms with van der Waals surface area (Å²) in [6, 6.07) is 21.0. The second-order valence-electron chi connectivity index (χ2n) is 9.24. The molecule has 0 saturated heterocycles. The minimum absolute atomic E-state index is 0.0274. The summed E-state index contributed by atoms with van der Waals surface area (Å²) in [5.41, 5.74) is 0. The Labute approximate surface area is 180 Å². The van der Waals surface area contributed by atoms with Crippen LogP contribution in [0.5, 0.6) is 0 Å². The number of hydrogen-bond donors (Lipinski definition) is 0. The topological polar surface area (TPSA) is 52.6 Å². The van der Waals surface area contributed by atoms with Crippen molar-refractivity contribution in [2.75, 3.05) is 13.2 Å². The summed E-state index contributed by atoms with van der Waals surface area (Å²) < 4.78 is 12.2. The fourth-order valence-corrected chi connectivity index (χ4v) is 9.23. The molecule has 1 saturated carbocycles. The molecule has 0 heterocycles. The first-order valence-corrected chi connectivity index (χ1v) is 12.5. The highest BCUT2D eigenvalue weighted by molar-refractivity contribution is 6.99. The van der Waals surface area contributed by atoms with Crippen molar-refractivity contribution >= 4 is 30.4 Å². The molecule has 0 radical (unpaired) electrons. The average Bonchev–Trinajstić information content (AvgIpc) is 3.07. The molecular weight excluding hydrogens is 392 g/mol. The number of benzene rings is 2. The monoisotopic (exact) mass is 424 g/mol. The summed E-state index contributed by atoms with van der Waals surface area (Å²) in [6.07, 6.45) is 0.951.